The molecule has 0 aliphatic rings. The van der Waals surface area contributed by atoms with Gasteiger partial charge in [-0.3, -0.25) is 9.78 Å². The van der Waals surface area contributed by atoms with Crippen molar-refractivity contribution in [3.63, 3.8) is 0 Å². The highest BCUT2D eigenvalue weighted by atomic mass is 32.2. The molecular formula is C27H34N2O2S. The number of nitrogens with zero attached hydrogens (tertiary/aromatic N) is 2. The molecule has 5 heteroatoms. The molecule has 2 heterocycles. The molecular weight excluding hydrogens is 416 g/mol. The third-order valence-electron chi connectivity index (χ3n) is 5.44. The average molecular weight is 451 g/mol. The highest BCUT2D eigenvalue weighted by molar-refractivity contribution is 7.98. The van der Waals surface area contributed by atoms with Gasteiger partial charge in [0.1, 0.15) is 5.76 Å². The van der Waals surface area contributed by atoms with E-state index in [4.69, 9.17) is 4.42 Å². The Bertz CT molecular complexity index is 1020. The minimum Gasteiger partial charge on any atom is -0.455 e. The lowest BCUT2D eigenvalue weighted by Gasteiger charge is -2.21. The number of aryl methyl sites for hydroxylation is 1. The number of carbonyl (C=O) groups excluding carboxylic acids is 1. The van der Waals surface area contributed by atoms with E-state index in [0.29, 0.717) is 24.6 Å². The van der Waals surface area contributed by atoms with Crippen molar-refractivity contribution in [3.05, 3.63) is 83.1 Å². The molecule has 0 atom stereocenters. The second-order valence-electron chi connectivity index (χ2n) is 9.15. The van der Waals surface area contributed by atoms with E-state index in [0.717, 1.165) is 24.3 Å². The van der Waals surface area contributed by atoms with E-state index >= 15 is 0 Å². The summed E-state index contributed by atoms with van der Waals surface area (Å²) in [6.07, 6.45) is 3.43. The van der Waals surface area contributed by atoms with Crippen LogP contribution in [0.25, 0.3) is 0 Å². The molecule has 3 rings (SSSR count). The maximum absolute atomic E-state index is 13.1. The summed E-state index contributed by atoms with van der Waals surface area (Å²) in [5.74, 6) is 1.88. The Morgan fingerprint density at radius 3 is 2.59 bits per heavy atom. The van der Waals surface area contributed by atoms with Crippen molar-refractivity contribution in [2.24, 2.45) is 0 Å². The number of benzene rings is 1. The number of furan rings is 1. The van der Waals surface area contributed by atoms with E-state index in [2.05, 4.69) is 57.8 Å². The van der Waals surface area contributed by atoms with Crippen molar-refractivity contribution in [3.8, 4) is 0 Å². The molecule has 0 aliphatic heterocycles. The Morgan fingerprint density at radius 1 is 1.09 bits per heavy atom. The number of thioether (sulfide) groups is 1. The van der Waals surface area contributed by atoms with Crippen LogP contribution in [0.5, 0.6) is 0 Å². The molecule has 0 bridgehead atoms. The maximum atomic E-state index is 13.1. The maximum Gasteiger partial charge on any atom is 0.289 e. The molecule has 0 radical (unpaired) electrons. The lowest BCUT2D eigenvalue weighted by Crippen LogP contribution is -2.33. The fourth-order valence-electron chi connectivity index (χ4n) is 3.48. The first-order valence-electron chi connectivity index (χ1n) is 11.3. The Balaban J connectivity index is 1.64. The van der Waals surface area contributed by atoms with Crippen LogP contribution >= 0.6 is 11.8 Å². The van der Waals surface area contributed by atoms with Gasteiger partial charge in [0.15, 0.2) is 5.76 Å². The van der Waals surface area contributed by atoms with E-state index in [-0.39, 0.29) is 11.3 Å². The van der Waals surface area contributed by atoms with Crippen LogP contribution in [0.1, 0.15) is 67.3 Å². The molecule has 170 valence electrons. The van der Waals surface area contributed by atoms with Gasteiger partial charge in [-0.25, -0.2) is 0 Å². The monoisotopic (exact) mass is 450 g/mol. The van der Waals surface area contributed by atoms with Crippen LogP contribution in [-0.2, 0) is 17.6 Å². The molecule has 0 saturated carbocycles. The number of amides is 1. The summed E-state index contributed by atoms with van der Waals surface area (Å²) in [7, 11) is 0. The third kappa shape index (κ3) is 6.49. The lowest BCUT2D eigenvalue weighted by atomic mass is 9.87. The van der Waals surface area contributed by atoms with Crippen molar-refractivity contribution < 1.29 is 9.21 Å². The quantitative estimate of drug-likeness (QED) is 0.342. The predicted molar refractivity (Wildman–Crippen MR) is 132 cm³/mol. The summed E-state index contributed by atoms with van der Waals surface area (Å²) in [5, 5.41) is 0. The topological polar surface area (TPSA) is 46.3 Å². The average Bonchev–Trinajstić information content (AvgIpc) is 3.24. The smallest absolute Gasteiger partial charge is 0.289 e. The molecule has 0 aliphatic carbocycles. The van der Waals surface area contributed by atoms with Gasteiger partial charge in [-0.2, -0.15) is 0 Å². The van der Waals surface area contributed by atoms with E-state index in [9.17, 15) is 4.79 Å². The third-order valence-corrected chi connectivity index (χ3v) is 6.62. The van der Waals surface area contributed by atoms with Crippen molar-refractivity contribution >= 4 is 17.7 Å². The highest BCUT2D eigenvalue weighted by Crippen LogP contribution is 2.32. The van der Waals surface area contributed by atoms with Gasteiger partial charge in [0.2, 0.25) is 0 Å². The molecule has 4 nitrogen and oxygen atoms in total. The second kappa shape index (κ2) is 10.9. The van der Waals surface area contributed by atoms with E-state index in [1.54, 1.807) is 24.0 Å². The van der Waals surface area contributed by atoms with Crippen molar-refractivity contribution in [2.75, 3.05) is 13.1 Å². The van der Waals surface area contributed by atoms with Crippen LogP contribution in [-0.4, -0.2) is 28.9 Å². The summed E-state index contributed by atoms with van der Waals surface area (Å²) in [6, 6.07) is 16.3. The van der Waals surface area contributed by atoms with Crippen LogP contribution in [0, 0.1) is 6.92 Å². The van der Waals surface area contributed by atoms with Gasteiger partial charge in [-0.05, 0) is 60.2 Å². The summed E-state index contributed by atoms with van der Waals surface area (Å²) in [6.45, 7) is 12.2. The molecule has 0 unspecified atom stereocenters. The SMILES string of the molecule is CCCN(CCc1ccccn1)C(=O)c1ccc(CSc2cc(C(C)(C)C)ccc2C)o1. The Kier molecular flexibility index (Phi) is 8.19. The molecule has 3 aromatic rings. The number of rotatable bonds is 9. The molecule has 1 aromatic carbocycles. The first kappa shape index (κ1) is 24.1. The first-order valence-corrected chi connectivity index (χ1v) is 12.3. The van der Waals surface area contributed by atoms with E-state index < -0.39 is 0 Å². The summed E-state index contributed by atoms with van der Waals surface area (Å²) in [5.41, 5.74) is 3.69. The van der Waals surface area contributed by atoms with Gasteiger partial charge < -0.3 is 9.32 Å². The zero-order valence-corrected chi connectivity index (χ0v) is 20.7. The van der Waals surface area contributed by atoms with Crippen LogP contribution in [0.15, 0.2) is 64.0 Å². The fraction of sp³-hybridized carbons (Fsp3) is 0.407. The van der Waals surface area contributed by atoms with Crippen molar-refractivity contribution in [2.45, 2.75) is 63.5 Å². The van der Waals surface area contributed by atoms with Gasteiger partial charge >= 0.3 is 0 Å². The fourth-order valence-corrected chi connectivity index (χ4v) is 4.44. The standard InChI is InChI=1S/C27H34N2O2S/c1-6-16-29(17-14-22-9-7-8-15-28-22)26(30)24-13-12-23(31-24)19-32-25-18-21(27(3,4)5)11-10-20(25)2/h7-13,15,18H,6,14,16-17,19H2,1-5H3. The Morgan fingerprint density at radius 2 is 1.91 bits per heavy atom. The molecule has 0 N–H and O–H groups in total. The lowest BCUT2D eigenvalue weighted by molar-refractivity contribution is 0.0723. The number of pyridine rings is 1. The summed E-state index contributed by atoms with van der Waals surface area (Å²) < 4.78 is 5.96. The van der Waals surface area contributed by atoms with Gasteiger partial charge in [0.25, 0.3) is 5.91 Å². The molecule has 1 amide bonds. The largest absolute Gasteiger partial charge is 0.455 e. The molecule has 32 heavy (non-hydrogen) atoms. The number of carbonyl (C=O) groups is 1. The minimum absolute atomic E-state index is 0.0510. The van der Waals surface area contributed by atoms with Gasteiger partial charge in [0.05, 0.1) is 5.75 Å². The Hall–Kier alpha value is -2.53. The van der Waals surface area contributed by atoms with Gasteiger partial charge in [-0.15, -0.1) is 11.8 Å². The molecule has 2 aromatic heterocycles. The number of hydrogen-bond acceptors (Lipinski definition) is 4. The first-order chi connectivity index (χ1) is 15.3. The van der Waals surface area contributed by atoms with E-state index in [1.165, 1.54) is 16.0 Å². The summed E-state index contributed by atoms with van der Waals surface area (Å²) in [4.78, 5) is 20.5. The minimum atomic E-state index is -0.0510. The second-order valence-corrected chi connectivity index (χ2v) is 10.2. The molecule has 0 spiro atoms. The van der Waals surface area contributed by atoms with Crippen molar-refractivity contribution in [1.29, 1.82) is 0 Å². The van der Waals surface area contributed by atoms with Gasteiger partial charge in [0, 0.05) is 36.3 Å². The summed E-state index contributed by atoms with van der Waals surface area (Å²) >= 11 is 1.75. The van der Waals surface area contributed by atoms with Gasteiger partial charge in [-0.1, -0.05) is 45.9 Å². The zero-order chi connectivity index (χ0) is 23.1. The normalized spacial score (nSPS) is 11.5. The van der Waals surface area contributed by atoms with Crippen molar-refractivity contribution in [1.82, 2.24) is 9.88 Å². The van der Waals surface area contributed by atoms with E-state index in [1.807, 2.05) is 29.2 Å². The van der Waals surface area contributed by atoms with Crippen LogP contribution in [0.2, 0.25) is 0 Å². The Labute approximate surface area is 196 Å². The highest BCUT2D eigenvalue weighted by Gasteiger charge is 2.19. The number of aromatic nitrogens is 1. The zero-order valence-electron chi connectivity index (χ0n) is 19.9. The van der Waals surface area contributed by atoms with Crippen LogP contribution in [0.3, 0.4) is 0 Å². The predicted octanol–water partition coefficient (Wildman–Crippen LogP) is 6.67. The van der Waals surface area contributed by atoms with Crippen LogP contribution in [0.4, 0.5) is 0 Å². The number of hydrogen-bond donors (Lipinski definition) is 0. The van der Waals surface area contributed by atoms with Crippen LogP contribution < -0.4 is 0 Å². The molecule has 0 saturated heterocycles. The molecule has 0 fully saturated rings.